The summed E-state index contributed by atoms with van der Waals surface area (Å²) in [6.45, 7) is 1.95. The van der Waals surface area contributed by atoms with Gasteiger partial charge in [-0.05, 0) is 17.5 Å². The SMILES string of the molecule is CN(Cc1nnc(-c2ccccc2)o1)C(=O)CC1=CSC2=NCCN12. The van der Waals surface area contributed by atoms with Crippen molar-refractivity contribution < 1.29 is 9.21 Å². The van der Waals surface area contributed by atoms with Crippen LogP contribution >= 0.6 is 11.8 Å². The standard InChI is InChI=1S/C17H17N5O2S/c1-21(15(23)9-13-11-25-17-18-7-8-22(13)17)10-14-19-20-16(24-14)12-5-3-2-4-6-12/h2-6,11H,7-10H2,1H3. The average Bonchev–Trinajstić information content (AvgIpc) is 3.34. The largest absolute Gasteiger partial charge is 0.419 e. The lowest BCUT2D eigenvalue weighted by atomic mass is 10.2. The van der Waals surface area contributed by atoms with E-state index < -0.39 is 0 Å². The highest BCUT2D eigenvalue weighted by molar-refractivity contribution is 8.16. The van der Waals surface area contributed by atoms with Gasteiger partial charge in [0, 0.05) is 24.9 Å². The molecule has 0 unspecified atom stereocenters. The first-order valence-corrected chi connectivity index (χ1v) is 8.88. The topological polar surface area (TPSA) is 74.8 Å². The predicted molar refractivity (Wildman–Crippen MR) is 95.5 cm³/mol. The zero-order valence-electron chi connectivity index (χ0n) is 13.8. The zero-order chi connectivity index (χ0) is 17.2. The van der Waals surface area contributed by atoms with Crippen molar-refractivity contribution in [3.8, 4) is 11.5 Å². The van der Waals surface area contributed by atoms with E-state index in [-0.39, 0.29) is 5.91 Å². The lowest BCUT2D eigenvalue weighted by Crippen LogP contribution is -2.30. The van der Waals surface area contributed by atoms with Gasteiger partial charge in [-0.15, -0.1) is 10.2 Å². The number of rotatable bonds is 5. The molecule has 2 aliphatic heterocycles. The lowest BCUT2D eigenvalue weighted by Gasteiger charge is -2.19. The van der Waals surface area contributed by atoms with Crippen molar-refractivity contribution >= 4 is 22.8 Å². The van der Waals surface area contributed by atoms with E-state index in [2.05, 4.69) is 20.1 Å². The fourth-order valence-corrected chi connectivity index (χ4v) is 3.66. The van der Waals surface area contributed by atoms with E-state index in [0.717, 1.165) is 29.5 Å². The van der Waals surface area contributed by atoms with Gasteiger partial charge >= 0.3 is 0 Å². The monoisotopic (exact) mass is 355 g/mol. The average molecular weight is 355 g/mol. The number of hydrogen-bond donors (Lipinski definition) is 0. The number of carbonyl (C=O) groups excluding carboxylic acids is 1. The van der Waals surface area contributed by atoms with E-state index in [1.54, 1.807) is 23.7 Å². The van der Waals surface area contributed by atoms with Crippen LogP contribution in [-0.2, 0) is 11.3 Å². The number of fused-ring (bicyclic) bond motifs is 1. The Bertz CT molecular complexity index is 846. The minimum atomic E-state index is 0.0134. The van der Waals surface area contributed by atoms with Gasteiger partial charge in [0.2, 0.25) is 17.7 Å². The maximum atomic E-state index is 12.5. The van der Waals surface area contributed by atoms with Gasteiger partial charge in [0.25, 0.3) is 0 Å². The van der Waals surface area contributed by atoms with Crippen LogP contribution in [0.25, 0.3) is 11.5 Å². The van der Waals surface area contributed by atoms with Crippen molar-refractivity contribution in [3.05, 3.63) is 47.3 Å². The van der Waals surface area contributed by atoms with E-state index in [0.29, 0.717) is 24.7 Å². The van der Waals surface area contributed by atoms with Crippen molar-refractivity contribution in [2.24, 2.45) is 4.99 Å². The summed E-state index contributed by atoms with van der Waals surface area (Å²) in [6, 6.07) is 9.58. The Morgan fingerprint density at radius 3 is 3.00 bits per heavy atom. The third-order valence-corrected chi connectivity index (χ3v) is 5.02. The summed E-state index contributed by atoms with van der Waals surface area (Å²) in [5.74, 6) is 0.900. The summed E-state index contributed by atoms with van der Waals surface area (Å²) >= 11 is 1.58. The Labute approximate surface area is 149 Å². The molecule has 8 heteroatoms. The highest BCUT2D eigenvalue weighted by Crippen LogP contribution is 2.31. The minimum Gasteiger partial charge on any atom is -0.419 e. The van der Waals surface area contributed by atoms with Gasteiger partial charge in [-0.1, -0.05) is 30.0 Å². The molecular weight excluding hydrogens is 338 g/mol. The summed E-state index contributed by atoms with van der Waals surface area (Å²) in [7, 11) is 1.75. The van der Waals surface area contributed by atoms with Crippen molar-refractivity contribution in [1.82, 2.24) is 20.0 Å². The summed E-state index contributed by atoms with van der Waals surface area (Å²) in [5, 5.41) is 11.1. The lowest BCUT2D eigenvalue weighted by molar-refractivity contribution is -0.130. The number of amides is 1. The molecule has 0 bridgehead atoms. The quantitative estimate of drug-likeness (QED) is 0.819. The fourth-order valence-electron chi connectivity index (χ4n) is 2.71. The molecule has 0 spiro atoms. The zero-order valence-corrected chi connectivity index (χ0v) is 14.6. The van der Waals surface area contributed by atoms with E-state index in [9.17, 15) is 4.79 Å². The van der Waals surface area contributed by atoms with Crippen LogP contribution in [0.4, 0.5) is 0 Å². The Kier molecular flexibility index (Phi) is 4.27. The second-order valence-corrected chi connectivity index (χ2v) is 6.67. The van der Waals surface area contributed by atoms with Crippen LogP contribution in [-0.4, -0.2) is 51.2 Å². The van der Waals surface area contributed by atoms with Crippen LogP contribution in [0.15, 0.2) is 50.8 Å². The Morgan fingerprint density at radius 2 is 2.16 bits per heavy atom. The molecule has 7 nitrogen and oxygen atoms in total. The van der Waals surface area contributed by atoms with Crippen LogP contribution in [0, 0.1) is 0 Å². The molecule has 1 amide bonds. The first kappa shape index (κ1) is 15.9. The first-order chi connectivity index (χ1) is 12.2. The maximum Gasteiger partial charge on any atom is 0.247 e. The highest BCUT2D eigenvalue weighted by Gasteiger charge is 2.28. The number of amidine groups is 1. The van der Waals surface area contributed by atoms with Crippen molar-refractivity contribution in [3.63, 3.8) is 0 Å². The van der Waals surface area contributed by atoms with Crippen LogP contribution in [0.3, 0.4) is 0 Å². The van der Waals surface area contributed by atoms with Crippen molar-refractivity contribution in [2.45, 2.75) is 13.0 Å². The summed E-state index contributed by atoms with van der Waals surface area (Å²) in [6.07, 6.45) is 0.349. The number of hydrogen-bond acceptors (Lipinski definition) is 7. The summed E-state index contributed by atoms with van der Waals surface area (Å²) in [4.78, 5) is 20.6. The van der Waals surface area contributed by atoms with E-state index in [1.165, 1.54) is 0 Å². The first-order valence-electron chi connectivity index (χ1n) is 8.00. The summed E-state index contributed by atoms with van der Waals surface area (Å²) < 4.78 is 5.67. The second-order valence-electron chi connectivity index (χ2n) is 5.84. The third kappa shape index (κ3) is 3.30. The molecule has 4 rings (SSSR count). The third-order valence-electron chi connectivity index (χ3n) is 4.07. The van der Waals surface area contributed by atoms with Crippen LogP contribution in [0.5, 0.6) is 0 Å². The molecule has 2 aliphatic rings. The van der Waals surface area contributed by atoms with Gasteiger partial charge in [0.15, 0.2) is 5.17 Å². The number of carbonyl (C=O) groups is 1. The van der Waals surface area contributed by atoms with Gasteiger partial charge in [0.1, 0.15) is 0 Å². The molecule has 0 aliphatic carbocycles. The number of thioether (sulfide) groups is 1. The molecule has 0 fully saturated rings. The molecule has 1 aromatic carbocycles. The highest BCUT2D eigenvalue weighted by atomic mass is 32.2. The molecular formula is C17H17N5O2S. The van der Waals surface area contributed by atoms with Crippen molar-refractivity contribution in [2.75, 3.05) is 20.1 Å². The normalized spacial score (nSPS) is 15.8. The number of aromatic nitrogens is 2. The second kappa shape index (κ2) is 6.72. The molecule has 128 valence electrons. The van der Waals surface area contributed by atoms with E-state index >= 15 is 0 Å². The van der Waals surface area contributed by atoms with Gasteiger partial charge in [-0.25, -0.2) is 0 Å². The minimum absolute atomic E-state index is 0.0134. The van der Waals surface area contributed by atoms with Crippen LogP contribution in [0.2, 0.25) is 0 Å². The number of nitrogens with zero attached hydrogens (tertiary/aromatic N) is 5. The van der Waals surface area contributed by atoms with Crippen LogP contribution < -0.4 is 0 Å². The predicted octanol–water partition coefficient (Wildman–Crippen LogP) is 2.34. The van der Waals surface area contributed by atoms with Crippen molar-refractivity contribution in [1.29, 1.82) is 0 Å². The molecule has 0 radical (unpaired) electrons. The van der Waals surface area contributed by atoms with Gasteiger partial charge < -0.3 is 14.2 Å². The summed E-state index contributed by atoms with van der Waals surface area (Å²) in [5.41, 5.74) is 1.87. The molecule has 3 heterocycles. The van der Waals surface area contributed by atoms with Gasteiger partial charge in [0.05, 0.1) is 19.5 Å². The molecule has 2 aromatic rings. The molecule has 25 heavy (non-hydrogen) atoms. The molecule has 0 saturated heterocycles. The smallest absolute Gasteiger partial charge is 0.247 e. The number of aliphatic imine (C=N–C) groups is 1. The Morgan fingerprint density at radius 1 is 1.32 bits per heavy atom. The van der Waals surface area contributed by atoms with Crippen LogP contribution in [0.1, 0.15) is 12.3 Å². The molecule has 0 N–H and O–H groups in total. The Balaban J connectivity index is 1.37. The maximum absolute atomic E-state index is 12.5. The number of benzene rings is 1. The van der Waals surface area contributed by atoms with E-state index in [4.69, 9.17) is 4.42 Å². The molecule has 0 saturated carbocycles. The fraction of sp³-hybridized carbons (Fsp3) is 0.294. The van der Waals surface area contributed by atoms with E-state index in [1.807, 2.05) is 35.7 Å². The van der Waals surface area contributed by atoms with Gasteiger partial charge in [-0.2, -0.15) is 0 Å². The molecule has 0 atom stereocenters. The Hall–Kier alpha value is -2.61. The molecule has 1 aromatic heterocycles. The van der Waals surface area contributed by atoms with Gasteiger partial charge in [-0.3, -0.25) is 9.79 Å².